The molecule has 5 heteroatoms. The van der Waals surface area contributed by atoms with Crippen LogP contribution in [0.25, 0.3) is 0 Å². The Bertz CT molecular complexity index is 439. The molecule has 0 radical (unpaired) electrons. The minimum absolute atomic E-state index is 0.0707. The molecule has 1 aromatic rings. The fourth-order valence-corrected chi connectivity index (χ4v) is 0.769. The molecule has 1 rings (SSSR count). The third-order valence-electron chi connectivity index (χ3n) is 1.48. The van der Waals surface area contributed by atoms with E-state index in [0.717, 1.165) is 0 Å². The molecule has 1 heterocycles. The standard InChI is InChI=1S/C10H7NO4/c1-15-9(12)5-3-7-2-4-8(10(13)14)11-6-7/h2,4,6H,1H3,(H,13,14). The van der Waals surface area contributed by atoms with Gasteiger partial charge in [0.15, 0.2) is 0 Å². The van der Waals surface area contributed by atoms with Crippen LogP contribution < -0.4 is 0 Å². The number of carboxylic acids is 1. The molecule has 0 aliphatic carbocycles. The predicted molar refractivity (Wildman–Crippen MR) is 50.1 cm³/mol. The lowest BCUT2D eigenvalue weighted by Gasteiger charge is -1.92. The van der Waals surface area contributed by atoms with E-state index in [1.54, 1.807) is 0 Å². The molecular formula is C10H7NO4. The minimum Gasteiger partial charge on any atom is -0.477 e. The number of methoxy groups -OCH3 is 1. The zero-order valence-corrected chi connectivity index (χ0v) is 7.85. The Hall–Kier alpha value is -2.35. The molecule has 0 fully saturated rings. The zero-order chi connectivity index (χ0) is 11.3. The lowest BCUT2D eigenvalue weighted by Crippen LogP contribution is -1.99. The molecule has 15 heavy (non-hydrogen) atoms. The number of aromatic nitrogens is 1. The second-order valence-electron chi connectivity index (χ2n) is 2.48. The van der Waals surface area contributed by atoms with Crippen LogP contribution in [0.2, 0.25) is 0 Å². The van der Waals surface area contributed by atoms with Gasteiger partial charge in [0.05, 0.1) is 7.11 Å². The summed E-state index contributed by atoms with van der Waals surface area (Å²) in [5.41, 5.74) is 0.379. The Morgan fingerprint density at radius 2 is 2.20 bits per heavy atom. The van der Waals surface area contributed by atoms with Gasteiger partial charge >= 0.3 is 11.9 Å². The van der Waals surface area contributed by atoms with Crippen LogP contribution in [-0.2, 0) is 9.53 Å². The summed E-state index contributed by atoms with van der Waals surface area (Å²) in [5.74, 6) is 2.92. The molecular weight excluding hydrogens is 198 g/mol. The Labute approximate surface area is 85.7 Å². The van der Waals surface area contributed by atoms with Crippen LogP contribution in [0.3, 0.4) is 0 Å². The van der Waals surface area contributed by atoms with Crippen LogP contribution in [0, 0.1) is 11.8 Å². The monoisotopic (exact) mass is 205 g/mol. The van der Waals surface area contributed by atoms with Gasteiger partial charge in [0.1, 0.15) is 5.69 Å². The number of carboxylic acid groups (broad SMARTS) is 1. The highest BCUT2D eigenvalue weighted by Crippen LogP contribution is 1.98. The van der Waals surface area contributed by atoms with Crippen molar-refractivity contribution in [1.82, 2.24) is 4.98 Å². The third-order valence-corrected chi connectivity index (χ3v) is 1.48. The number of esters is 1. The molecule has 5 nitrogen and oxygen atoms in total. The van der Waals surface area contributed by atoms with Gasteiger partial charge < -0.3 is 9.84 Å². The number of hydrogen-bond acceptors (Lipinski definition) is 4. The van der Waals surface area contributed by atoms with Crippen LogP contribution in [0.5, 0.6) is 0 Å². The Balaban J connectivity index is 2.84. The van der Waals surface area contributed by atoms with Crippen molar-refractivity contribution in [3.63, 3.8) is 0 Å². The third kappa shape index (κ3) is 3.12. The van der Waals surface area contributed by atoms with E-state index in [9.17, 15) is 9.59 Å². The molecule has 0 spiro atoms. The largest absolute Gasteiger partial charge is 0.477 e. The number of rotatable bonds is 1. The van der Waals surface area contributed by atoms with Crippen LogP contribution in [0.15, 0.2) is 18.3 Å². The molecule has 0 unspecified atom stereocenters. The molecule has 0 amide bonds. The summed E-state index contributed by atoms with van der Waals surface area (Å²) < 4.78 is 4.31. The van der Waals surface area contributed by atoms with E-state index < -0.39 is 11.9 Å². The lowest BCUT2D eigenvalue weighted by atomic mass is 10.2. The first-order valence-corrected chi connectivity index (χ1v) is 3.93. The van der Waals surface area contributed by atoms with Gasteiger partial charge in [-0.05, 0) is 12.1 Å². The van der Waals surface area contributed by atoms with E-state index in [2.05, 4.69) is 21.6 Å². The maximum atomic E-state index is 10.6. The summed E-state index contributed by atoms with van der Waals surface area (Å²) in [4.78, 5) is 24.7. The maximum absolute atomic E-state index is 10.6. The molecule has 0 aromatic carbocycles. The second-order valence-corrected chi connectivity index (χ2v) is 2.48. The number of pyridine rings is 1. The van der Waals surface area contributed by atoms with Crippen molar-refractivity contribution in [3.8, 4) is 11.8 Å². The molecule has 0 saturated heterocycles. The number of carbonyl (C=O) groups excluding carboxylic acids is 1. The minimum atomic E-state index is -1.11. The van der Waals surface area contributed by atoms with E-state index in [1.165, 1.54) is 25.4 Å². The first kappa shape index (κ1) is 10.7. The Morgan fingerprint density at radius 1 is 1.47 bits per heavy atom. The summed E-state index contributed by atoms with van der Waals surface area (Å²) in [6.07, 6.45) is 1.28. The van der Waals surface area contributed by atoms with Crippen molar-refractivity contribution >= 4 is 11.9 Å². The van der Waals surface area contributed by atoms with Crippen LogP contribution in [-0.4, -0.2) is 29.1 Å². The summed E-state index contributed by atoms with van der Waals surface area (Å²) in [6, 6.07) is 2.77. The van der Waals surface area contributed by atoms with Crippen molar-refractivity contribution < 1.29 is 19.4 Å². The van der Waals surface area contributed by atoms with Gasteiger partial charge in [-0.15, -0.1) is 0 Å². The van der Waals surface area contributed by atoms with Gasteiger partial charge in [-0.2, -0.15) is 0 Å². The topological polar surface area (TPSA) is 76.5 Å². The van der Waals surface area contributed by atoms with Gasteiger partial charge in [0.2, 0.25) is 0 Å². The lowest BCUT2D eigenvalue weighted by molar-refractivity contribution is -0.133. The maximum Gasteiger partial charge on any atom is 0.384 e. The fourth-order valence-electron chi connectivity index (χ4n) is 0.769. The van der Waals surface area contributed by atoms with Crippen molar-refractivity contribution in [1.29, 1.82) is 0 Å². The van der Waals surface area contributed by atoms with E-state index in [-0.39, 0.29) is 5.69 Å². The quantitative estimate of drug-likeness (QED) is 0.527. The highest BCUT2D eigenvalue weighted by molar-refractivity contribution is 5.89. The highest BCUT2D eigenvalue weighted by Gasteiger charge is 2.02. The molecule has 0 atom stereocenters. The fraction of sp³-hybridized carbons (Fsp3) is 0.100. The molecule has 0 aliphatic rings. The van der Waals surface area contributed by atoms with Gasteiger partial charge in [0, 0.05) is 17.7 Å². The molecule has 0 saturated carbocycles. The van der Waals surface area contributed by atoms with Gasteiger partial charge in [0.25, 0.3) is 0 Å². The summed E-state index contributed by atoms with van der Waals surface area (Å²) >= 11 is 0. The normalized spacial score (nSPS) is 8.60. The highest BCUT2D eigenvalue weighted by atomic mass is 16.5. The molecule has 0 bridgehead atoms. The van der Waals surface area contributed by atoms with Crippen molar-refractivity contribution in [3.05, 3.63) is 29.6 Å². The van der Waals surface area contributed by atoms with E-state index in [1.807, 2.05) is 0 Å². The van der Waals surface area contributed by atoms with E-state index in [4.69, 9.17) is 5.11 Å². The van der Waals surface area contributed by atoms with Crippen molar-refractivity contribution in [2.45, 2.75) is 0 Å². The zero-order valence-electron chi connectivity index (χ0n) is 7.85. The SMILES string of the molecule is COC(=O)C#Cc1ccc(C(=O)O)nc1. The van der Waals surface area contributed by atoms with E-state index in [0.29, 0.717) is 5.56 Å². The summed E-state index contributed by atoms with van der Waals surface area (Å²) in [5, 5.41) is 8.56. The Morgan fingerprint density at radius 3 is 2.67 bits per heavy atom. The van der Waals surface area contributed by atoms with Crippen LogP contribution in [0.4, 0.5) is 0 Å². The smallest absolute Gasteiger partial charge is 0.384 e. The molecule has 0 aliphatic heterocycles. The number of ether oxygens (including phenoxy) is 1. The first-order valence-electron chi connectivity index (χ1n) is 3.93. The average Bonchev–Trinajstić information content (AvgIpc) is 2.26. The Kier molecular flexibility index (Phi) is 3.41. The summed E-state index contributed by atoms with van der Waals surface area (Å²) in [6.45, 7) is 0. The molecule has 1 aromatic heterocycles. The predicted octanol–water partition coefficient (Wildman–Crippen LogP) is 0.304. The number of aromatic carboxylic acids is 1. The number of carbonyl (C=O) groups is 2. The summed E-state index contributed by atoms with van der Waals surface area (Å²) in [7, 11) is 1.22. The average molecular weight is 205 g/mol. The van der Waals surface area contributed by atoms with E-state index >= 15 is 0 Å². The number of nitrogens with zero attached hydrogens (tertiary/aromatic N) is 1. The van der Waals surface area contributed by atoms with Gasteiger partial charge in [-0.1, -0.05) is 5.92 Å². The van der Waals surface area contributed by atoms with Crippen LogP contribution in [0.1, 0.15) is 16.1 Å². The van der Waals surface area contributed by atoms with Gasteiger partial charge in [-0.3, -0.25) is 0 Å². The molecule has 1 N–H and O–H groups in total. The number of hydrogen-bond donors (Lipinski definition) is 1. The van der Waals surface area contributed by atoms with Crippen molar-refractivity contribution in [2.75, 3.05) is 7.11 Å². The first-order chi connectivity index (χ1) is 7.13. The second kappa shape index (κ2) is 4.77. The van der Waals surface area contributed by atoms with Crippen molar-refractivity contribution in [2.24, 2.45) is 0 Å². The van der Waals surface area contributed by atoms with Gasteiger partial charge in [-0.25, -0.2) is 14.6 Å². The molecule has 76 valence electrons. The van der Waals surface area contributed by atoms with Crippen LogP contribution >= 0.6 is 0 Å².